The summed E-state index contributed by atoms with van der Waals surface area (Å²) in [6.07, 6.45) is 0. The van der Waals surface area contributed by atoms with Crippen LogP contribution in [-0.2, 0) is 0 Å². The Morgan fingerprint density at radius 1 is 1.33 bits per heavy atom. The summed E-state index contributed by atoms with van der Waals surface area (Å²) >= 11 is 0. The van der Waals surface area contributed by atoms with Crippen LogP contribution in [0.2, 0.25) is 0 Å². The zero-order chi connectivity index (χ0) is 13.1. The average Bonchev–Trinajstić information content (AvgIpc) is 2.87. The number of nitrogens with zero attached hydrogens (tertiary/aromatic N) is 1. The van der Waals surface area contributed by atoms with Gasteiger partial charge in [0, 0.05) is 5.56 Å². The van der Waals surface area contributed by atoms with Gasteiger partial charge in [-0.15, -0.1) is 0 Å². The van der Waals surface area contributed by atoms with Gasteiger partial charge in [0.05, 0.1) is 5.69 Å². The lowest BCUT2D eigenvalue weighted by molar-refractivity contribution is 0.0948. The Hall–Kier alpha value is -2.14. The molecule has 1 amide bonds. The molecule has 1 aromatic carbocycles. The van der Waals surface area contributed by atoms with Crippen LogP contribution in [0.15, 0.2) is 30.3 Å². The molecule has 0 aliphatic carbocycles. The van der Waals surface area contributed by atoms with Gasteiger partial charge in [0.1, 0.15) is 5.69 Å². The molecular formula is C13H16N4O. The number of H-pyrrole nitrogens is 1. The first kappa shape index (κ1) is 12.3. The lowest BCUT2D eigenvalue weighted by Gasteiger charge is -2.05. The number of benzene rings is 1. The van der Waals surface area contributed by atoms with Crippen LogP contribution in [0.1, 0.15) is 35.8 Å². The predicted octanol–water partition coefficient (Wildman–Crippen LogP) is 1.80. The van der Waals surface area contributed by atoms with Crippen molar-refractivity contribution in [3.05, 3.63) is 41.6 Å². The maximum atomic E-state index is 11.3. The number of nitrogen functional groups attached to an aromatic ring is 1. The molecule has 0 atom stereocenters. The van der Waals surface area contributed by atoms with E-state index in [1.54, 1.807) is 6.07 Å². The van der Waals surface area contributed by atoms with Gasteiger partial charge >= 0.3 is 0 Å². The highest BCUT2D eigenvalue weighted by molar-refractivity contribution is 5.92. The summed E-state index contributed by atoms with van der Waals surface area (Å²) in [6.45, 7) is 4.29. The molecule has 5 heteroatoms. The highest BCUT2D eigenvalue weighted by atomic mass is 16.2. The van der Waals surface area contributed by atoms with Gasteiger partial charge in [0.2, 0.25) is 0 Å². The maximum Gasteiger partial charge on any atom is 0.283 e. The van der Waals surface area contributed by atoms with Crippen LogP contribution in [0, 0.1) is 0 Å². The second-order valence-corrected chi connectivity index (χ2v) is 4.42. The summed E-state index contributed by atoms with van der Waals surface area (Å²) < 4.78 is 0. The number of aromatic nitrogens is 2. The van der Waals surface area contributed by atoms with Crippen LogP contribution in [-0.4, -0.2) is 16.1 Å². The summed E-state index contributed by atoms with van der Waals surface area (Å²) in [5.41, 5.74) is 5.37. The number of nitrogens with two attached hydrogens (primary N) is 1. The minimum Gasteiger partial charge on any atom is -0.289 e. The number of carbonyl (C=O) groups is 1. The van der Waals surface area contributed by atoms with E-state index in [0.717, 1.165) is 11.3 Å². The summed E-state index contributed by atoms with van der Waals surface area (Å²) in [5.74, 6) is 5.17. The Labute approximate surface area is 105 Å². The van der Waals surface area contributed by atoms with E-state index in [-0.39, 0.29) is 5.91 Å². The third-order valence-electron chi connectivity index (χ3n) is 2.83. The fourth-order valence-corrected chi connectivity index (χ4v) is 1.70. The van der Waals surface area contributed by atoms with E-state index in [4.69, 9.17) is 5.84 Å². The molecule has 94 valence electrons. The molecule has 2 aromatic rings. The van der Waals surface area contributed by atoms with Gasteiger partial charge in [-0.1, -0.05) is 38.1 Å². The van der Waals surface area contributed by atoms with Crippen molar-refractivity contribution in [1.29, 1.82) is 0 Å². The standard InChI is InChI=1S/C13H16N4O/c1-8(2)9-3-5-10(6-4-9)11-7-12(17-16-11)13(18)15-14/h3-8H,14H2,1-2H3,(H,15,18)(H,16,17). The summed E-state index contributed by atoms with van der Waals surface area (Å²) in [5, 5.41) is 6.74. The number of rotatable bonds is 3. The molecule has 0 aliphatic heterocycles. The number of hydrazine groups is 1. The van der Waals surface area contributed by atoms with Crippen LogP contribution >= 0.6 is 0 Å². The first-order valence-corrected chi connectivity index (χ1v) is 5.78. The monoisotopic (exact) mass is 244 g/mol. The Bertz CT molecular complexity index is 542. The van der Waals surface area contributed by atoms with E-state index in [0.29, 0.717) is 11.6 Å². The number of carbonyl (C=O) groups excluding carboxylic acids is 1. The van der Waals surface area contributed by atoms with E-state index in [2.05, 4.69) is 41.6 Å². The van der Waals surface area contributed by atoms with E-state index in [1.165, 1.54) is 5.56 Å². The molecule has 0 aliphatic rings. The van der Waals surface area contributed by atoms with Crippen LogP contribution in [0.4, 0.5) is 0 Å². The molecule has 5 nitrogen and oxygen atoms in total. The molecule has 0 saturated heterocycles. The molecule has 0 radical (unpaired) electrons. The number of amides is 1. The van der Waals surface area contributed by atoms with Gasteiger partial charge in [-0.25, -0.2) is 5.84 Å². The fraction of sp³-hybridized carbons (Fsp3) is 0.231. The summed E-state index contributed by atoms with van der Waals surface area (Å²) in [4.78, 5) is 11.3. The predicted molar refractivity (Wildman–Crippen MR) is 69.8 cm³/mol. The van der Waals surface area contributed by atoms with Crippen LogP contribution in [0.3, 0.4) is 0 Å². The van der Waals surface area contributed by atoms with Crippen molar-refractivity contribution in [2.75, 3.05) is 0 Å². The lowest BCUT2D eigenvalue weighted by Crippen LogP contribution is -2.30. The van der Waals surface area contributed by atoms with Gasteiger partial charge in [0.15, 0.2) is 0 Å². The molecule has 1 heterocycles. The maximum absolute atomic E-state index is 11.3. The minimum absolute atomic E-state index is 0.348. The number of hydrogen-bond donors (Lipinski definition) is 3. The fourth-order valence-electron chi connectivity index (χ4n) is 1.70. The van der Waals surface area contributed by atoms with Gasteiger partial charge in [-0.2, -0.15) is 5.10 Å². The molecule has 0 fully saturated rings. The van der Waals surface area contributed by atoms with Crippen LogP contribution < -0.4 is 11.3 Å². The smallest absolute Gasteiger partial charge is 0.283 e. The van der Waals surface area contributed by atoms with Crippen molar-refractivity contribution < 1.29 is 4.79 Å². The Balaban J connectivity index is 2.26. The Morgan fingerprint density at radius 3 is 2.56 bits per heavy atom. The molecule has 2 rings (SSSR count). The third-order valence-corrected chi connectivity index (χ3v) is 2.83. The third kappa shape index (κ3) is 2.41. The van der Waals surface area contributed by atoms with E-state index in [9.17, 15) is 4.79 Å². The number of aromatic amines is 1. The normalized spacial score (nSPS) is 10.7. The van der Waals surface area contributed by atoms with E-state index >= 15 is 0 Å². The first-order valence-electron chi connectivity index (χ1n) is 5.78. The van der Waals surface area contributed by atoms with Crippen molar-refractivity contribution in [3.63, 3.8) is 0 Å². The van der Waals surface area contributed by atoms with Gasteiger partial charge in [0.25, 0.3) is 5.91 Å². The zero-order valence-corrected chi connectivity index (χ0v) is 10.4. The summed E-state index contributed by atoms with van der Waals surface area (Å²) in [7, 11) is 0. The Morgan fingerprint density at radius 2 is 2.00 bits per heavy atom. The average molecular weight is 244 g/mol. The van der Waals surface area contributed by atoms with Crippen LogP contribution in [0.5, 0.6) is 0 Å². The quantitative estimate of drug-likeness (QED) is 0.437. The van der Waals surface area contributed by atoms with Gasteiger partial charge < -0.3 is 0 Å². The molecule has 4 N–H and O–H groups in total. The van der Waals surface area contributed by atoms with E-state index < -0.39 is 0 Å². The first-order chi connectivity index (χ1) is 8.61. The topological polar surface area (TPSA) is 83.8 Å². The van der Waals surface area contributed by atoms with Crippen molar-refractivity contribution in [2.24, 2.45) is 5.84 Å². The highest BCUT2D eigenvalue weighted by Crippen LogP contribution is 2.21. The Kier molecular flexibility index (Phi) is 3.43. The van der Waals surface area contributed by atoms with Crippen molar-refractivity contribution in [2.45, 2.75) is 19.8 Å². The SMILES string of the molecule is CC(C)c1ccc(-c2cc(C(=O)NN)[nH]n2)cc1. The molecule has 0 saturated carbocycles. The van der Waals surface area contributed by atoms with Gasteiger partial charge in [-0.3, -0.25) is 15.3 Å². The molecular weight excluding hydrogens is 228 g/mol. The molecule has 0 spiro atoms. The van der Waals surface area contributed by atoms with Crippen molar-refractivity contribution in [1.82, 2.24) is 15.6 Å². The van der Waals surface area contributed by atoms with Crippen LogP contribution in [0.25, 0.3) is 11.3 Å². The van der Waals surface area contributed by atoms with Crippen molar-refractivity contribution in [3.8, 4) is 11.3 Å². The molecule has 1 aromatic heterocycles. The number of nitrogens with one attached hydrogen (secondary N) is 2. The van der Waals surface area contributed by atoms with Crippen molar-refractivity contribution >= 4 is 5.91 Å². The van der Waals surface area contributed by atoms with Gasteiger partial charge in [-0.05, 0) is 17.5 Å². The highest BCUT2D eigenvalue weighted by Gasteiger charge is 2.09. The van der Waals surface area contributed by atoms with E-state index in [1.807, 2.05) is 12.1 Å². The number of hydrogen-bond acceptors (Lipinski definition) is 3. The zero-order valence-electron chi connectivity index (χ0n) is 10.4. The molecule has 0 unspecified atom stereocenters. The minimum atomic E-state index is -0.382. The second-order valence-electron chi connectivity index (χ2n) is 4.42. The summed E-state index contributed by atoms with van der Waals surface area (Å²) in [6, 6.07) is 9.80. The molecule has 18 heavy (non-hydrogen) atoms. The largest absolute Gasteiger partial charge is 0.289 e. The lowest BCUT2D eigenvalue weighted by atomic mass is 10.0. The second kappa shape index (κ2) is 5.01. The molecule has 0 bridgehead atoms.